The predicted octanol–water partition coefficient (Wildman–Crippen LogP) is 7.33. The molecule has 0 saturated carbocycles. The van der Waals surface area contributed by atoms with Gasteiger partial charge in [0.15, 0.2) is 0 Å². The maximum Gasteiger partial charge on any atom is 0.302 e. The summed E-state index contributed by atoms with van der Waals surface area (Å²) in [5.74, 6) is -0.0849. The van der Waals surface area contributed by atoms with Crippen molar-refractivity contribution in [3.05, 3.63) is 0 Å². The molecule has 1 rings (SSSR count). The molecule has 1 aliphatic rings. The van der Waals surface area contributed by atoms with Crippen molar-refractivity contribution < 1.29 is 38.7 Å². The van der Waals surface area contributed by atoms with E-state index in [-0.39, 0.29) is 61.3 Å². The van der Waals surface area contributed by atoms with E-state index < -0.39 is 28.1 Å². The van der Waals surface area contributed by atoms with E-state index in [9.17, 15) is 19.8 Å². The highest BCUT2D eigenvalue weighted by atomic mass is 16.6. The molecular weight excluding hydrogens is 610 g/mol. The van der Waals surface area contributed by atoms with Gasteiger partial charge in [0.25, 0.3) is 0 Å². The average molecular weight is 686 g/mol. The normalized spacial score (nSPS) is 18.0. The Morgan fingerprint density at radius 3 is 1.96 bits per heavy atom. The maximum atomic E-state index is 13.3. The lowest BCUT2D eigenvalue weighted by atomic mass is 9.58. The molecule has 9 heteroatoms. The number of amides is 1. The van der Waals surface area contributed by atoms with Gasteiger partial charge in [-0.25, -0.2) is 0 Å². The van der Waals surface area contributed by atoms with Crippen LogP contribution in [0.5, 0.6) is 0 Å². The Hall–Kier alpha value is -1.26. The Kier molecular flexibility index (Phi) is 17.1. The van der Waals surface area contributed by atoms with Crippen molar-refractivity contribution in [2.24, 2.45) is 21.7 Å². The third-order valence-electron chi connectivity index (χ3n) is 11.0. The van der Waals surface area contributed by atoms with Crippen LogP contribution in [0.3, 0.4) is 0 Å². The molecule has 0 spiro atoms. The van der Waals surface area contributed by atoms with Gasteiger partial charge in [-0.1, -0.05) is 68.7 Å². The number of hydrogen-bond acceptors (Lipinski definition) is 8. The number of hydrogen-bond donors (Lipinski definition) is 2. The van der Waals surface area contributed by atoms with Crippen molar-refractivity contribution in [1.82, 2.24) is 4.90 Å². The molecule has 0 aliphatic carbocycles. The summed E-state index contributed by atoms with van der Waals surface area (Å²) in [5.41, 5.74) is -2.43. The number of carbonyl (C=O) groups is 2. The molecule has 3 unspecified atom stereocenters. The topological polar surface area (TPSA) is 115 Å². The quantitative estimate of drug-likeness (QED) is 0.0954. The van der Waals surface area contributed by atoms with Gasteiger partial charge < -0.3 is 34.1 Å². The zero-order valence-corrected chi connectivity index (χ0v) is 33.4. The molecule has 1 fully saturated rings. The van der Waals surface area contributed by atoms with Crippen molar-refractivity contribution in [3.8, 4) is 0 Å². The molecule has 1 amide bonds. The van der Waals surface area contributed by atoms with Gasteiger partial charge in [-0.3, -0.25) is 9.59 Å². The van der Waals surface area contributed by atoms with Gasteiger partial charge in [0.05, 0.1) is 43.7 Å². The molecule has 1 saturated heterocycles. The van der Waals surface area contributed by atoms with Gasteiger partial charge in [0.2, 0.25) is 5.91 Å². The standard InChI is InChI=1S/C39H75NO8/c1-29(43)47-31(39(13,14)36(7,8)26-30(34(2,3)4)40-21-17-15-16-18-33(40)44)27-35(5,6)32(28-45-25-23-42)48-38(11,12)20-24-46-37(9,10)19-22-41/h30-32,41-42H,15-28H2,1-14H3. The second-order valence-electron chi connectivity index (χ2n) is 18.4. The fraction of sp³-hybridized carbons (Fsp3) is 0.949. The minimum Gasteiger partial charge on any atom is -0.462 e. The smallest absolute Gasteiger partial charge is 0.302 e. The van der Waals surface area contributed by atoms with Gasteiger partial charge >= 0.3 is 5.97 Å². The maximum absolute atomic E-state index is 13.3. The first-order valence-corrected chi connectivity index (χ1v) is 18.4. The molecule has 3 atom stereocenters. The number of aliphatic hydroxyl groups is 2. The molecule has 2 N–H and O–H groups in total. The van der Waals surface area contributed by atoms with Crippen LogP contribution in [0, 0.1) is 21.7 Å². The molecule has 0 bridgehead atoms. The van der Waals surface area contributed by atoms with Crippen LogP contribution in [0.2, 0.25) is 0 Å². The summed E-state index contributed by atoms with van der Waals surface area (Å²) in [6, 6.07) is 0.0386. The van der Waals surface area contributed by atoms with Gasteiger partial charge in [0.1, 0.15) is 6.10 Å². The van der Waals surface area contributed by atoms with Gasteiger partial charge in [0, 0.05) is 38.0 Å². The molecule has 1 heterocycles. The second kappa shape index (κ2) is 18.3. The predicted molar refractivity (Wildman–Crippen MR) is 193 cm³/mol. The van der Waals surface area contributed by atoms with E-state index in [1.165, 1.54) is 6.92 Å². The number of ether oxygens (including phenoxy) is 4. The summed E-state index contributed by atoms with van der Waals surface area (Å²) >= 11 is 0. The van der Waals surface area contributed by atoms with Crippen LogP contribution in [0.25, 0.3) is 0 Å². The minimum absolute atomic E-state index is 0.0386. The Morgan fingerprint density at radius 2 is 1.42 bits per heavy atom. The van der Waals surface area contributed by atoms with Crippen molar-refractivity contribution in [2.45, 2.75) is 178 Å². The number of aliphatic hydroxyl groups excluding tert-OH is 2. The van der Waals surface area contributed by atoms with Crippen LogP contribution >= 0.6 is 0 Å². The van der Waals surface area contributed by atoms with E-state index in [0.717, 1.165) is 32.2 Å². The lowest BCUT2D eigenvalue weighted by Crippen LogP contribution is -2.54. The fourth-order valence-corrected chi connectivity index (χ4v) is 6.69. The van der Waals surface area contributed by atoms with Crippen molar-refractivity contribution in [2.75, 3.05) is 39.6 Å². The average Bonchev–Trinajstić information content (AvgIpc) is 3.13. The molecule has 284 valence electrons. The van der Waals surface area contributed by atoms with E-state index in [2.05, 4.69) is 67.2 Å². The van der Waals surface area contributed by atoms with Crippen LogP contribution in [0.15, 0.2) is 0 Å². The van der Waals surface area contributed by atoms with Crippen LogP contribution in [0.4, 0.5) is 0 Å². The third kappa shape index (κ3) is 14.2. The monoisotopic (exact) mass is 686 g/mol. The summed E-state index contributed by atoms with van der Waals surface area (Å²) in [7, 11) is 0. The van der Waals surface area contributed by atoms with Crippen molar-refractivity contribution in [1.29, 1.82) is 0 Å². The molecule has 0 aromatic rings. The molecule has 1 aliphatic heterocycles. The zero-order chi connectivity index (χ0) is 37.2. The van der Waals surface area contributed by atoms with Crippen LogP contribution < -0.4 is 0 Å². The third-order valence-corrected chi connectivity index (χ3v) is 11.0. The molecular formula is C39H75NO8. The zero-order valence-electron chi connectivity index (χ0n) is 33.4. The largest absolute Gasteiger partial charge is 0.462 e. The summed E-state index contributed by atoms with van der Waals surface area (Å²) in [6.45, 7) is 31.0. The second-order valence-corrected chi connectivity index (χ2v) is 18.4. The van der Waals surface area contributed by atoms with E-state index >= 15 is 0 Å². The number of nitrogens with zero attached hydrogens (tertiary/aromatic N) is 1. The number of esters is 1. The van der Waals surface area contributed by atoms with E-state index in [1.807, 2.05) is 27.7 Å². The SMILES string of the molecule is CC(=O)OC(CC(C)(C)C(COCCO)OC(C)(C)CCOC(C)(C)CCO)C(C)(C)C(C)(C)CC(N1CCCCCC1=O)C(C)(C)C. The summed E-state index contributed by atoms with van der Waals surface area (Å²) in [4.78, 5) is 28.2. The Labute approximate surface area is 294 Å². The summed E-state index contributed by atoms with van der Waals surface area (Å²) < 4.78 is 25.0. The lowest BCUT2D eigenvalue weighted by Gasteiger charge is -2.53. The number of likely N-dealkylation sites (tertiary alicyclic amines) is 1. The van der Waals surface area contributed by atoms with Crippen molar-refractivity contribution in [3.63, 3.8) is 0 Å². The van der Waals surface area contributed by atoms with Crippen LogP contribution in [-0.2, 0) is 28.5 Å². The van der Waals surface area contributed by atoms with Gasteiger partial charge in [-0.15, -0.1) is 0 Å². The summed E-state index contributed by atoms with van der Waals surface area (Å²) in [5, 5.41) is 18.8. The van der Waals surface area contributed by atoms with Crippen LogP contribution in [0.1, 0.15) is 148 Å². The van der Waals surface area contributed by atoms with E-state index in [4.69, 9.17) is 18.9 Å². The van der Waals surface area contributed by atoms with Gasteiger partial charge in [-0.2, -0.15) is 0 Å². The number of carbonyl (C=O) groups excluding carboxylic acids is 2. The first-order chi connectivity index (χ1) is 21.8. The number of rotatable bonds is 21. The molecule has 9 nitrogen and oxygen atoms in total. The molecule has 48 heavy (non-hydrogen) atoms. The van der Waals surface area contributed by atoms with E-state index in [1.54, 1.807) is 0 Å². The Balaban J connectivity index is 3.39. The molecule has 0 aromatic heterocycles. The minimum atomic E-state index is -0.564. The highest BCUT2D eigenvalue weighted by Crippen LogP contribution is 2.51. The Bertz CT molecular complexity index is 981. The molecule has 0 radical (unpaired) electrons. The highest BCUT2D eigenvalue weighted by Gasteiger charge is 2.51. The van der Waals surface area contributed by atoms with Gasteiger partial charge in [-0.05, 0) is 82.5 Å². The fourth-order valence-electron chi connectivity index (χ4n) is 6.69. The van der Waals surface area contributed by atoms with E-state index in [0.29, 0.717) is 32.3 Å². The molecule has 0 aromatic carbocycles. The van der Waals surface area contributed by atoms with Crippen molar-refractivity contribution >= 4 is 11.9 Å². The Morgan fingerprint density at radius 1 is 0.792 bits per heavy atom. The first-order valence-electron chi connectivity index (χ1n) is 18.4. The first kappa shape index (κ1) is 44.8. The lowest BCUT2D eigenvalue weighted by molar-refractivity contribution is -0.183. The highest BCUT2D eigenvalue weighted by molar-refractivity contribution is 5.76. The van der Waals surface area contributed by atoms with Crippen LogP contribution in [-0.4, -0.2) is 96.0 Å². The summed E-state index contributed by atoms with van der Waals surface area (Å²) in [6.07, 6.45) is 5.29.